The number of amides is 1. The van der Waals surface area contributed by atoms with Gasteiger partial charge in [-0.15, -0.1) is 11.3 Å². The monoisotopic (exact) mass is 305 g/mol. The number of hydrogen-bond donors (Lipinski definition) is 2. The van der Waals surface area contributed by atoms with E-state index in [0.717, 1.165) is 17.0 Å². The first kappa shape index (κ1) is 14.9. The van der Waals surface area contributed by atoms with Crippen LogP contribution >= 0.6 is 11.3 Å². The number of benzene rings is 1. The van der Waals surface area contributed by atoms with Crippen LogP contribution in [0.15, 0.2) is 41.8 Å². The minimum absolute atomic E-state index is 0.103. The summed E-state index contributed by atoms with van der Waals surface area (Å²) in [6, 6.07) is 7.72. The lowest BCUT2D eigenvalue weighted by atomic mass is 10.1. The summed E-state index contributed by atoms with van der Waals surface area (Å²) in [5, 5.41) is 13.1. The van der Waals surface area contributed by atoms with Crippen LogP contribution < -0.4 is 5.32 Å². The average Bonchev–Trinajstić information content (AvgIpc) is 2.92. The lowest BCUT2D eigenvalue weighted by Gasteiger charge is -2.06. The van der Waals surface area contributed by atoms with Crippen LogP contribution in [0.3, 0.4) is 0 Å². The minimum Gasteiger partial charge on any atom is -0.478 e. The van der Waals surface area contributed by atoms with Crippen LogP contribution in [0.1, 0.15) is 10.4 Å². The Morgan fingerprint density at radius 1 is 1.33 bits per heavy atom. The molecule has 0 spiro atoms. The van der Waals surface area contributed by atoms with Gasteiger partial charge in [0.2, 0.25) is 5.91 Å². The molecule has 0 saturated heterocycles. The highest BCUT2D eigenvalue weighted by Crippen LogP contribution is 2.17. The summed E-state index contributed by atoms with van der Waals surface area (Å²) in [5.41, 5.74) is 0.523. The Morgan fingerprint density at radius 2 is 2.14 bits per heavy atom. The smallest absolute Gasteiger partial charge is 0.328 e. The maximum absolute atomic E-state index is 13.5. The topological polar surface area (TPSA) is 66.4 Å². The molecule has 0 aliphatic rings. The SMILES string of the molecule is O=C(O)/C=C/c1cc(NC(=O)Cc2cccs2)ccc1F. The first-order chi connectivity index (χ1) is 10.0. The van der Waals surface area contributed by atoms with Gasteiger partial charge >= 0.3 is 5.97 Å². The Morgan fingerprint density at radius 3 is 2.81 bits per heavy atom. The van der Waals surface area contributed by atoms with Crippen LogP contribution in [0.4, 0.5) is 10.1 Å². The van der Waals surface area contributed by atoms with Gasteiger partial charge in [-0.25, -0.2) is 9.18 Å². The van der Waals surface area contributed by atoms with Gasteiger partial charge in [-0.05, 0) is 35.7 Å². The van der Waals surface area contributed by atoms with Crippen molar-refractivity contribution in [1.82, 2.24) is 0 Å². The van der Waals surface area contributed by atoms with Crippen LogP contribution in [-0.4, -0.2) is 17.0 Å². The molecule has 1 amide bonds. The molecule has 108 valence electrons. The molecule has 2 rings (SSSR count). The second-order valence-electron chi connectivity index (χ2n) is 4.21. The molecule has 0 bridgehead atoms. The third kappa shape index (κ3) is 4.54. The predicted molar refractivity (Wildman–Crippen MR) is 79.7 cm³/mol. The normalized spacial score (nSPS) is 10.7. The van der Waals surface area contributed by atoms with Gasteiger partial charge in [-0.1, -0.05) is 6.07 Å². The van der Waals surface area contributed by atoms with Crippen molar-refractivity contribution in [2.24, 2.45) is 0 Å². The summed E-state index contributed by atoms with van der Waals surface area (Å²) in [6.45, 7) is 0. The van der Waals surface area contributed by atoms with Gasteiger partial charge in [0.25, 0.3) is 0 Å². The highest BCUT2D eigenvalue weighted by molar-refractivity contribution is 7.10. The standard InChI is InChI=1S/C15H12FNO3S/c16-13-5-4-11(8-10(13)3-6-15(19)20)17-14(18)9-12-2-1-7-21-12/h1-8H,9H2,(H,17,18)(H,19,20)/b6-3+. The lowest BCUT2D eigenvalue weighted by molar-refractivity contribution is -0.131. The van der Waals surface area contributed by atoms with Crippen molar-refractivity contribution in [1.29, 1.82) is 0 Å². The first-order valence-electron chi connectivity index (χ1n) is 6.07. The number of anilines is 1. The maximum Gasteiger partial charge on any atom is 0.328 e. The molecule has 21 heavy (non-hydrogen) atoms. The largest absolute Gasteiger partial charge is 0.478 e. The van der Waals surface area contributed by atoms with Gasteiger partial charge < -0.3 is 10.4 Å². The molecule has 0 saturated carbocycles. The zero-order valence-electron chi connectivity index (χ0n) is 10.9. The zero-order valence-corrected chi connectivity index (χ0v) is 11.7. The average molecular weight is 305 g/mol. The van der Waals surface area contributed by atoms with Crippen molar-refractivity contribution < 1.29 is 19.1 Å². The number of carboxylic acids is 1. The van der Waals surface area contributed by atoms with E-state index in [9.17, 15) is 14.0 Å². The van der Waals surface area contributed by atoms with Crippen LogP contribution in [-0.2, 0) is 16.0 Å². The van der Waals surface area contributed by atoms with Crippen molar-refractivity contribution in [2.45, 2.75) is 6.42 Å². The number of carbonyl (C=O) groups excluding carboxylic acids is 1. The van der Waals surface area contributed by atoms with Crippen LogP contribution in [0, 0.1) is 5.82 Å². The van der Waals surface area contributed by atoms with Gasteiger partial charge in [0.05, 0.1) is 6.42 Å². The van der Waals surface area contributed by atoms with E-state index in [1.165, 1.54) is 29.5 Å². The number of thiophene rings is 1. The summed E-state index contributed by atoms with van der Waals surface area (Å²) in [5.74, 6) is -1.93. The van der Waals surface area contributed by atoms with Gasteiger partial charge in [0.15, 0.2) is 0 Å². The third-order valence-electron chi connectivity index (χ3n) is 2.60. The number of rotatable bonds is 5. The molecule has 6 heteroatoms. The third-order valence-corrected chi connectivity index (χ3v) is 3.48. The molecule has 0 radical (unpaired) electrons. The van der Waals surface area contributed by atoms with Crippen molar-refractivity contribution >= 4 is 35.0 Å². The fourth-order valence-electron chi connectivity index (χ4n) is 1.69. The Hall–Kier alpha value is -2.47. The lowest BCUT2D eigenvalue weighted by Crippen LogP contribution is -2.13. The molecule has 0 atom stereocenters. The van der Waals surface area contributed by atoms with Gasteiger partial charge in [0.1, 0.15) is 5.82 Å². The second kappa shape index (κ2) is 6.81. The Bertz CT molecular complexity index is 680. The van der Waals surface area contributed by atoms with Gasteiger partial charge in [-0.2, -0.15) is 0 Å². The number of aliphatic carboxylic acids is 1. The predicted octanol–water partition coefficient (Wildman–Crippen LogP) is 3.17. The number of carbonyl (C=O) groups is 2. The van der Waals surface area contributed by atoms with Crippen molar-refractivity contribution in [3.05, 3.63) is 58.0 Å². The molecule has 0 unspecified atom stereocenters. The fraction of sp³-hybridized carbons (Fsp3) is 0.0667. The van der Waals surface area contributed by atoms with E-state index in [0.29, 0.717) is 5.69 Å². The molecular formula is C15H12FNO3S. The Kier molecular flexibility index (Phi) is 4.84. The molecule has 0 aliphatic heterocycles. The molecule has 1 aromatic heterocycles. The van der Waals surface area contributed by atoms with Crippen molar-refractivity contribution in [3.8, 4) is 0 Å². The first-order valence-corrected chi connectivity index (χ1v) is 6.95. The number of hydrogen-bond acceptors (Lipinski definition) is 3. The van der Waals surface area contributed by atoms with Gasteiger partial charge in [0, 0.05) is 22.2 Å². The summed E-state index contributed by atoms with van der Waals surface area (Å²) in [7, 11) is 0. The van der Waals surface area contributed by atoms with Gasteiger partial charge in [-0.3, -0.25) is 4.79 Å². The van der Waals surface area contributed by atoms with Crippen LogP contribution in [0.5, 0.6) is 0 Å². The molecule has 2 aromatic rings. The van der Waals surface area contributed by atoms with Crippen molar-refractivity contribution in [2.75, 3.05) is 5.32 Å². The quantitative estimate of drug-likeness (QED) is 0.834. The van der Waals surface area contributed by atoms with E-state index >= 15 is 0 Å². The molecule has 2 N–H and O–H groups in total. The van der Waals surface area contributed by atoms with E-state index in [1.54, 1.807) is 0 Å². The Balaban J connectivity index is 2.08. The minimum atomic E-state index is -1.17. The van der Waals surface area contributed by atoms with Crippen LogP contribution in [0.2, 0.25) is 0 Å². The maximum atomic E-state index is 13.5. The van der Waals surface area contributed by atoms with E-state index in [2.05, 4.69) is 5.32 Å². The number of nitrogens with one attached hydrogen (secondary N) is 1. The zero-order chi connectivity index (χ0) is 15.2. The van der Waals surface area contributed by atoms with E-state index < -0.39 is 11.8 Å². The molecular weight excluding hydrogens is 293 g/mol. The van der Waals surface area contributed by atoms with E-state index in [-0.39, 0.29) is 17.9 Å². The summed E-state index contributed by atoms with van der Waals surface area (Å²) in [4.78, 5) is 23.2. The summed E-state index contributed by atoms with van der Waals surface area (Å²) < 4.78 is 13.5. The summed E-state index contributed by atoms with van der Waals surface area (Å²) in [6.07, 6.45) is 2.23. The number of carboxylic acid groups (broad SMARTS) is 1. The highest BCUT2D eigenvalue weighted by Gasteiger charge is 2.07. The molecule has 0 fully saturated rings. The molecule has 4 nitrogen and oxygen atoms in total. The van der Waals surface area contributed by atoms with E-state index in [1.807, 2.05) is 17.5 Å². The second-order valence-corrected chi connectivity index (χ2v) is 5.24. The molecule has 0 aliphatic carbocycles. The number of halogens is 1. The van der Waals surface area contributed by atoms with Crippen LogP contribution in [0.25, 0.3) is 6.08 Å². The Labute approximate surface area is 124 Å². The van der Waals surface area contributed by atoms with Crippen molar-refractivity contribution in [3.63, 3.8) is 0 Å². The highest BCUT2D eigenvalue weighted by atomic mass is 32.1. The summed E-state index contributed by atoms with van der Waals surface area (Å²) >= 11 is 1.48. The molecule has 1 heterocycles. The fourth-order valence-corrected chi connectivity index (χ4v) is 2.39. The molecule has 1 aromatic carbocycles. The van der Waals surface area contributed by atoms with E-state index in [4.69, 9.17) is 5.11 Å².